The van der Waals surface area contributed by atoms with Crippen molar-refractivity contribution in [2.45, 2.75) is 39.4 Å². The Morgan fingerprint density at radius 1 is 1.18 bits per heavy atom. The summed E-state index contributed by atoms with van der Waals surface area (Å²) in [6.45, 7) is 4.33. The smallest absolute Gasteiger partial charge is 0.266 e. The molecule has 3 rings (SSSR count). The number of rotatable bonds is 7. The average Bonchev–Trinajstić information content (AvgIpc) is 2.73. The second-order valence-electron chi connectivity index (χ2n) is 8.11. The first kappa shape index (κ1) is 24.6. The van der Waals surface area contributed by atoms with E-state index in [-0.39, 0.29) is 22.4 Å². The van der Waals surface area contributed by atoms with E-state index in [0.29, 0.717) is 23.4 Å². The van der Waals surface area contributed by atoms with Gasteiger partial charge in [-0.25, -0.2) is 8.78 Å². The van der Waals surface area contributed by atoms with E-state index in [0.717, 1.165) is 17.7 Å². The van der Waals surface area contributed by atoms with Gasteiger partial charge in [0.1, 0.15) is 34.1 Å². The van der Waals surface area contributed by atoms with Crippen LogP contribution in [0.1, 0.15) is 36.2 Å². The molecule has 0 aliphatic rings. The number of aromatic amines is 1. The number of hydrogen-bond acceptors (Lipinski definition) is 4. The molecule has 0 saturated heterocycles. The summed E-state index contributed by atoms with van der Waals surface area (Å²) in [7, 11) is 0. The summed E-state index contributed by atoms with van der Waals surface area (Å²) in [6.07, 6.45) is 0.377. The van der Waals surface area contributed by atoms with Gasteiger partial charge in [0.15, 0.2) is 0 Å². The first-order valence-corrected chi connectivity index (χ1v) is 10.9. The third-order valence-corrected chi connectivity index (χ3v) is 5.68. The third-order valence-electron chi connectivity index (χ3n) is 4.96. The average molecular weight is 521 g/mol. The van der Waals surface area contributed by atoms with E-state index in [1.807, 2.05) is 0 Å². The topological polar surface area (TPSA) is 91.4 Å². The maximum Gasteiger partial charge on any atom is 0.266 e. The fraction of sp³-hybridized carbons (Fsp3) is 0.250. The lowest BCUT2D eigenvalue weighted by Crippen LogP contribution is -2.36. The second kappa shape index (κ2) is 9.84. The first-order chi connectivity index (χ1) is 15.5. The number of H-pyrrole nitrogens is 1. The number of nitrogens with one attached hydrogen (secondary N) is 2. The van der Waals surface area contributed by atoms with Crippen LogP contribution in [-0.4, -0.2) is 21.6 Å². The molecule has 0 spiro atoms. The summed E-state index contributed by atoms with van der Waals surface area (Å²) in [4.78, 5) is 26.9. The molecule has 2 aromatic carbocycles. The van der Waals surface area contributed by atoms with Crippen molar-refractivity contribution in [1.82, 2.24) is 4.98 Å². The summed E-state index contributed by atoms with van der Waals surface area (Å²) in [5.41, 5.74) is 0.891. The zero-order valence-corrected chi connectivity index (χ0v) is 19.8. The number of amides is 1. The molecule has 0 saturated carbocycles. The van der Waals surface area contributed by atoms with Gasteiger partial charge < -0.3 is 20.1 Å². The van der Waals surface area contributed by atoms with Crippen molar-refractivity contribution in [2.75, 3.05) is 5.32 Å². The Labute approximate surface area is 197 Å². The number of aromatic nitrogens is 1. The van der Waals surface area contributed by atoms with Crippen LogP contribution in [0, 0.1) is 18.6 Å². The molecular weight excluding hydrogens is 498 g/mol. The van der Waals surface area contributed by atoms with Gasteiger partial charge in [0.2, 0.25) is 0 Å². The van der Waals surface area contributed by atoms with Crippen LogP contribution in [0.2, 0.25) is 0 Å². The van der Waals surface area contributed by atoms with Crippen LogP contribution in [0.25, 0.3) is 0 Å². The van der Waals surface area contributed by atoms with E-state index in [1.165, 1.54) is 19.9 Å². The normalized spacial score (nSPS) is 11.4. The van der Waals surface area contributed by atoms with Crippen LogP contribution >= 0.6 is 15.9 Å². The molecule has 0 atom stereocenters. The molecule has 9 heteroatoms. The summed E-state index contributed by atoms with van der Waals surface area (Å²) < 4.78 is 33.2. The van der Waals surface area contributed by atoms with E-state index >= 15 is 0 Å². The van der Waals surface area contributed by atoms with Gasteiger partial charge in [-0.1, -0.05) is 12.1 Å². The molecule has 3 N–H and O–H groups in total. The van der Waals surface area contributed by atoms with Gasteiger partial charge >= 0.3 is 0 Å². The van der Waals surface area contributed by atoms with Gasteiger partial charge in [0.25, 0.3) is 11.5 Å². The van der Waals surface area contributed by atoms with Gasteiger partial charge in [-0.2, -0.15) is 0 Å². The van der Waals surface area contributed by atoms with Crippen molar-refractivity contribution in [1.29, 1.82) is 0 Å². The standard InChI is InChI=1S/C24H23BrF2N2O4/c1-13-18(10-14-4-8-17(9-5-14)29-23(31)24(2,3)32)21(20(25)22(30)28-13)33-12-15-6-7-16(26)11-19(15)27/h4-9,11,32H,10,12H2,1-3H3,(H,28,30)(H,29,31). The molecule has 1 amide bonds. The van der Waals surface area contributed by atoms with E-state index in [9.17, 15) is 23.5 Å². The summed E-state index contributed by atoms with van der Waals surface area (Å²) in [5.74, 6) is -1.69. The van der Waals surface area contributed by atoms with Gasteiger partial charge in [-0.05, 0) is 66.5 Å². The van der Waals surface area contributed by atoms with Crippen LogP contribution in [0.15, 0.2) is 51.7 Å². The molecule has 6 nitrogen and oxygen atoms in total. The number of halogens is 3. The van der Waals surface area contributed by atoms with Gasteiger partial charge in [0.05, 0.1) is 0 Å². The van der Waals surface area contributed by atoms with Crippen LogP contribution in [0.4, 0.5) is 14.5 Å². The molecule has 33 heavy (non-hydrogen) atoms. The van der Waals surface area contributed by atoms with Crippen LogP contribution in [-0.2, 0) is 17.8 Å². The minimum Gasteiger partial charge on any atom is -0.487 e. The maximum atomic E-state index is 14.0. The Hall–Kier alpha value is -3.04. The minimum absolute atomic E-state index is 0.152. The molecule has 0 fully saturated rings. The van der Waals surface area contributed by atoms with Crippen LogP contribution in [0.5, 0.6) is 5.75 Å². The summed E-state index contributed by atoms with van der Waals surface area (Å²) >= 11 is 3.25. The highest BCUT2D eigenvalue weighted by atomic mass is 79.9. The zero-order valence-electron chi connectivity index (χ0n) is 18.3. The lowest BCUT2D eigenvalue weighted by Gasteiger charge is -2.17. The van der Waals surface area contributed by atoms with Crippen molar-refractivity contribution in [3.8, 4) is 5.75 Å². The third kappa shape index (κ3) is 6.06. The molecular formula is C24H23BrF2N2O4. The Morgan fingerprint density at radius 2 is 1.85 bits per heavy atom. The lowest BCUT2D eigenvalue weighted by atomic mass is 10.0. The number of ether oxygens (including phenoxy) is 1. The molecule has 0 aliphatic carbocycles. The predicted octanol–water partition coefficient (Wildman–Crippen LogP) is 4.60. The molecule has 1 aromatic heterocycles. The minimum atomic E-state index is -1.51. The predicted molar refractivity (Wildman–Crippen MR) is 124 cm³/mol. The number of carbonyl (C=O) groups is 1. The van der Waals surface area contributed by atoms with Gasteiger partial charge in [0, 0.05) is 35.0 Å². The van der Waals surface area contributed by atoms with Crippen LogP contribution < -0.4 is 15.6 Å². The highest BCUT2D eigenvalue weighted by molar-refractivity contribution is 9.10. The second-order valence-corrected chi connectivity index (χ2v) is 8.91. The fourth-order valence-electron chi connectivity index (χ4n) is 3.05. The van der Waals surface area contributed by atoms with Gasteiger partial charge in [-0.15, -0.1) is 0 Å². The molecule has 0 unspecified atom stereocenters. The monoisotopic (exact) mass is 520 g/mol. The van der Waals surface area contributed by atoms with Crippen LogP contribution in [0.3, 0.4) is 0 Å². The highest BCUT2D eigenvalue weighted by Gasteiger charge is 2.23. The maximum absolute atomic E-state index is 14.0. The Morgan fingerprint density at radius 3 is 2.45 bits per heavy atom. The number of aryl methyl sites for hydroxylation is 1. The quantitative estimate of drug-likeness (QED) is 0.424. The molecule has 1 heterocycles. The number of benzene rings is 2. The molecule has 0 radical (unpaired) electrons. The van der Waals surface area contributed by atoms with Crippen molar-refractivity contribution in [2.24, 2.45) is 0 Å². The van der Waals surface area contributed by atoms with Crippen molar-refractivity contribution >= 4 is 27.5 Å². The van der Waals surface area contributed by atoms with Crippen molar-refractivity contribution in [3.05, 3.63) is 91.3 Å². The van der Waals surface area contributed by atoms with E-state index in [4.69, 9.17) is 4.74 Å². The first-order valence-electron chi connectivity index (χ1n) is 10.1. The van der Waals surface area contributed by atoms with E-state index in [2.05, 4.69) is 26.2 Å². The number of carbonyl (C=O) groups excluding carboxylic acids is 1. The largest absolute Gasteiger partial charge is 0.487 e. The Bertz CT molecular complexity index is 1230. The number of aliphatic hydroxyl groups is 1. The van der Waals surface area contributed by atoms with Crippen molar-refractivity contribution in [3.63, 3.8) is 0 Å². The van der Waals surface area contributed by atoms with Crippen molar-refractivity contribution < 1.29 is 23.4 Å². The Balaban J connectivity index is 1.85. The van der Waals surface area contributed by atoms with E-state index < -0.39 is 28.7 Å². The Kier molecular flexibility index (Phi) is 7.34. The molecule has 3 aromatic rings. The number of pyridine rings is 1. The zero-order chi connectivity index (χ0) is 24.3. The number of anilines is 1. The van der Waals surface area contributed by atoms with E-state index in [1.54, 1.807) is 31.2 Å². The molecule has 0 bridgehead atoms. The molecule has 174 valence electrons. The number of hydrogen-bond donors (Lipinski definition) is 3. The van der Waals surface area contributed by atoms with Gasteiger partial charge in [-0.3, -0.25) is 9.59 Å². The highest BCUT2D eigenvalue weighted by Crippen LogP contribution is 2.31. The molecule has 0 aliphatic heterocycles. The lowest BCUT2D eigenvalue weighted by molar-refractivity contribution is -0.130. The fourth-order valence-corrected chi connectivity index (χ4v) is 3.51. The summed E-state index contributed by atoms with van der Waals surface area (Å²) in [6, 6.07) is 10.2. The summed E-state index contributed by atoms with van der Waals surface area (Å²) in [5, 5.41) is 12.4. The SMILES string of the molecule is Cc1[nH]c(=O)c(Br)c(OCc2ccc(F)cc2F)c1Cc1ccc(NC(=O)C(C)(C)O)cc1.